The van der Waals surface area contributed by atoms with Crippen LogP contribution in [0, 0.1) is 0 Å². The van der Waals surface area contributed by atoms with Gasteiger partial charge in [-0.25, -0.2) is 8.42 Å². The van der Waals surface area contributed by atoms with Crippen molar-refractivity contribution < 1.29 is 39.6 Å². The van der Waals surface area contributed by atoms with E-state index in [1.807, 2.05) is 0 Å². The molecule has 2 heterocycles. The molecule has 13 heteroatoms. The molecule has 0 amide bonds. The van der Waals surface area contributed by atoms with Gasteiger partial charge in [0.15, 0.2) is 20.6 Å². The van der Waals surface area contributed by atoms with E-state index in [9.17, 15) is 34.8 Å². The highest BCUT2D eigenvalue weighted by atomic mass is 32.2. The van der Waals surface area contributed by atoms with Crippen molar-refractivity contribution in [1.82, 2.24) is 9.78 Å². The lowest BCUT2D eigenvalue weighted by Crippen LogP contribution is -2.25. The molecule has 0 bridgehead atoms. The van der Waals surface area contributed by atoms with E-state index < -0.39 is 55.5 Å². The number of oxime groups is 1. The van der Waals surface area contributed by atoms with Crippen LogP contribution in [-0.2, 0) is 39.8 Å². The maximum atomic E-state index is 13.1. The van der Waals surface area contributed by atoms with Gasteiger partial charge in [-0.05, 0) is 13.8 Å². The largest absolute Gasteiger partial charge is 0.435 e. The highest BCUT2D eigenvalue weighted by Gasteiger charge is 2.48. The molecule has 25 heavy (non-hydrogen) atoms. The van der Waals surface area contributed by atoms with Crippen LogP contribution in [0.3, 0.4) is 0 Å². The number of alkyl halides is 6. The molecule has 1 aliphatic heterocycles. The van der Waals surface area contributed by atoms with E-state index in [1.54, 1.807) is 0 Å². The molecule has 0 saturated heterocycles. The molecule has 0 N–H and O–H groups in total. The van der Waals surface area contributed by atoms with Crippen LogP contribution in [-0.4, -0.2) is 28.8 Å². The molecule has 0 spiro atoms. The third-order valence-corrected chi connectivity index (χ3v) is 4.95. The second-order valence-corrected chi connectivity index (χ2v) is 8.06. The van der Waals surface area contributed by atoms with E-state index in [0.29, 0.717) is 7.05 Å². The molecule has 0 fully saturated rings. The summed E-state index contributed by atoms with van der Waals surface area (Å²) in [5.41, 5.74) is -6.15. The molecule has 2 rings (SSSR count). The number of hydrogen-bond acceptors (Lipinski definition) is 5. The highest BCUT2D eigenvalue weighted by Crippen LogP contribution is 2.40. The molecule has 0 unspecified atom stereocenters. The monoisotopic (exact) mass is 393 g/mol. The van der Waals surface area contributed by atoms with E-state index in [0.717, 1.165) is 0 Å². The van der Waals surface area contributed by atoms with Crippen molar-refractivity contribution in [3.8, 4) is 0 Å². The maximum Gasteiger partial charge on any atom is 0.435 e. The smallest absolute Gasteiger partial charge is 0.389 e. The van der Waals surface area contributed by atoms with Gasteiger partial charge in [0, 0.05) is 19.0 Å². The van der Waals surface area contributed by atoms with E-state index in [2.05, 4.69) is 10.3 Å². The second kappa shape index (κ2) is 5.61. The standard InChI is InChI=1S/C12H13F6N3O3S/c1-10(2)4-7(20-24-10)25(22,23)5-6-8(11(13,14)15)19-21(3)9(6)12(16,17)18/h4-5H2,1-3H3. The fourth-order valence-electron chi connectivity index (χ4n) is 2.33. The molecular weight excluding hydrogens is 380 g/mol. The van der Waals surface area contributed by atoms with Crippen LogP contribution < -0.4 is 0 Å². The average Bonchev–Trinajstić information content (AvgIpc) is 2.88. The Morgan fingerprint density at radius 2 is 1.72 bits per heavy atom. The fourth-order valence-corrected chi connectivity index (χ4v) is 3.87. The van der Waals surface area contributed by atoms with Crippen molar-refractivity contribution in [2.75, 3.05) is 0 Å². The van der Waals surface area contributed by atoms with Gasteiger partial charge in [-0.2, -0.15) is 31.4 Å². The molecule has 1 aromatic rings. The molecule has 0 aromatic carbocycles. The minimum Gasteiger partial charge on any atom is -0.389 e. The van der Waals surface area contributed by atoms with Gasteiger partial charge in [0.2, 0.25) is 0 Å². The van der Waals surface area contributed by atoms with Crippen molar-refractivity contribution in [2.45, 2.75) is 44.0 Å². The number of aryl methyl sites for hydroxylation is 1. The van der Waals surface area contributed by atoms with E-state index in [1.165, 1.54) is 13.8 Å². The van der Waals surface area contributed by atoms with Crippen molar-refractivity contribution in [1.29, 1.82) is 0 Å². The zero-order valence-corrected chi connectivity index (χ0v) is 14.0. The van der Waals surface area contributed by atoms with Crippen molar-refractivity contribution in [3.63, 3.8) is 0 Å². The van der Waals surface area contributed by atoms with Crippen molar-refractivity contribution in [2.24, 2.45) is 12.2 Å². The predicted octanol–water partition coefficient (Wildman–Crippen LogP) is 2.88. The molecule has 1 aliphatic rings. The maximum absolute atomic E-state index is 13.1. The van der Waals surface area contributed by atoms with Gasteiger partial charge in [0.1, 0.15) is 11.3 Å². The fraction of sp³-hybridized carbons (Fsp3) is 0.667. The lowest BCUT2D eigenvalue weighted by Gasteiger charge is -2.14. The summed E-state index contributed by atoms with van der Waals surface area (Å²) < 4.78 is 103. The number of rotatable bonds is 2. The third-order valence-electron chi connectivity index (χ3n) is 3.35. The molecule has 1 aromatic heterocycles. The summed E-state index contributed by atoms with van der Waals surface area (Å²) in [5, 5.41) is 5.50. The van der Waals surface area contributed by atoms with Gasteiger partial charge in [-0.1, -0.05) is 5.16 Å². The normalized spacial score (nSPS) is 18.2. The summed E-state index contributed by atoms with van der Waals surface area (Å²) in [6.07, 6.45) is -10.7. The van der Waals surface area contributed by atoms with Crippen LogP contribution >= 0.6 is 0 Å². The van der Waals surface area contributed by atoms with E-state index >= 15 is 0 Å². The van der Waals surface area contributed by atoms with Crippen LogP contribution in [0.15, 0.2) is 5.16 Å². The SMILES string of the molecule is Cn1nc(C(F)(F)F)c(CS(=O)(=O)C2=NOC(C)(C)C2)c1C(F)(F)F. The van der Waals surface area contributed by atoms with Gasteiger partial charge in [0.05, 0.1) is 5.75 Å². The first-order chi connectivity index (χ1) is 11.0. The van der Waals surface area contributed by atoms with Crippen LogP contribution in [0.1, 0.15) is 37.2 Å². The Morgan fingerprint density at radius 3 is 2.12 bits per heavy atom. The third kappa shape index (κ3) is 3.90. The molecular formula is C12H13F6N3O3S. The number of nitrogens with zero attached hydrogens (tertiary/aromatic N) is 3. The lowest BCUT2D eigenvalue weighted by molar-refractivity contribution is -0.144. The number of aromatic nitrogens is 2. The Morgan fingerprint density at radius 1 is 1.16 bits per heavy atom. The van der Waals surface area contributed by atoms with Gasteiger partial charge in [0.25, 0.3) is 0 Å². The number of sulfone groups is 1. The first-order valence-corrected chi connectivity index (χ1v) is 8.38. The topological polar surface area (TPSA) is 73.5 Å². The first kappa shape index (κ1) is 19.5. The summed E-state index contributed by atoms with van der Waals surface area (Å²) in [7, 11) is -3.90. The van der Waals surface area contributed by atoms with Crippen LogP contribution in [0.4, 0.5) is 26.3 Å². The number of hydrogen-bond donors (Lipinski definition) is 0. The molecule has 0 aliphatic carbocycles. The molecule has 0 atom stereocenters. The Kier molecular flexibility index (Phi) is 4.38. The van der Waals surface area contributed by atoms with Gasteiger partial charge < -0.3 is 4.84 Å². The lowest BCUT2D eigenvalue weighted by atomic mass is 10.1. The predicted molar refractivity (Wildman–Crippen MR) is 73.1 cm³/mol. The molecule has 6 nitrogen and oxygen atoms in total. The molecule has 142 valence electrons. The zero-order chi connectivity index (χ0) is 19.4. The Hall–Kier alpha value is -1.79. The van der Waals surface area contributed by atoms with Gasteiger partial charge >= 0.3 is 12.4 Å². The number of halogens is 6. The van der Waals surface area contributed by atoms with Crippen LogP contribution in [0.25, 0.3) is 0 Å². The summed E-state index contributed by atoms with van der Waals surface area (Å²) in [4.78, 5) is 4.82. The second-order valence-electron chi connectivity index (χ2n) is 6.07. The Balaban J connectivity index is 2.55. The zero-order valence-electron chi connectivity index (χ0n) is 13.2. The van der Waals surface area contributed by atoms with Crippen molar-refractivity contribution in [3.05, 3.63) is 17.0 Å². The first-order valence-electron chi connectivity index (χ1n) is 6.73. The summed E-state index contributed by atoms with van der Waals surface area (Å²) in [6, 6.07) is 0. The van der Waals surface area contributed by atoms with Gasteiger partial charge in [-0.3, -0.25) is 4.68 Å². The summed E-state index contributed by atoms with van der Waals surface area (Å²) in [5.74, 6) is -1.54. The van der Waals surface area contributed by atoms with E-state index in [-0.39, 0.29) is 11.1 Å². The minimum atomic E-state index is -5.25. The summed E-state index contributed by atoms with van der Waals surface area (Å²) in [6.45, 7) is 2.96. The molecule has 0 radical (unpaired) electrons. The highest BCUT2D eigenvalue weighted by molar-refractivity contribution is 8.05. The minimum absolute atomic E-state index is 0.0232. The van der Waals surface area contributed by atoms with Crippen LogP contribution in [0.2, 0.25) is 0 Å². The summed E-state index contributed by atoms with van der Waals surface area (Å²) >= 11 is 0. The van der Waals surface area contributed by atoms with Gasteiger partial charge in [-0.15, -0.1) is 0 Å². The Bertz CT molecular complexity index is 820. The quantitative estimate of drug-likeness (QED) is 0.725. The van der Waals surface area contributed by atoms with E-state index in [4.69, 9.17) is 4.84 Å². The average molecular weight is 393 g/mol. The van der Waals surface area contributed by atoms with Crippen LogP contribution in [0.5, 0.6) is 0 Å². The Labute approximate surface area is 138 Å². The van der Waals surface area contributed by atoms with Crippen molar-refractivity contribution >= 4 is 14.9 Å². The molecule has 0 saturated carbocycles.